The molecule has 0 bridgehead atoms. The van der Waals surface area contributed by atoms with Gasteiger partial charge in [0.15, 0.2) is 0 Å². The molecule has 4 heteroatoms. The fourth-order valence-electron chi connectivity index (χ4n) is 2.70. The highest BCUT2D eigenvalue weighted by Crippen LogP contribution is 2.34. The van der Waals surface area contributed by atoms with Gasteiger partial charge in [0.05, 0.1) is 13.4 Å². The van der Waals surface area contributed by atoms with Gasteiger partial charge in [-0.2, -0.15) is 0 Å². The average Bonchev–Trinajstić information content (AvgIpc) is 2.49. The number of rotatable bonds is 1. The SMILES string of the molecule is COC(=O)C1OC=C2C=CCC/C2=C2\C=CC(C)=CC2O1. The van der Waals surface area contributed by atoms with Gasteiger partial charge in [0, 0.05) is 5.57 Å². The van der Waals surface area contributed by atoms with Gasteiger partial charge in [-0.15, -0.1) is 0 Å². The first-order valence-corrected chi connectivity index (χ1v) is 7.04. The molecular weight excluding hydrogens is 268 g/mol. The largest absolute Gasteiger partial charge is 0.464 e. The second-order valence-electron chi connectivity index (χ2n) is 5.24. The van der Waals surface area contributed by atoms with Gasteiger partial charge in [-0.3, -0.25) is 0 Å². The lowest BCUT2D eigenvalue weighted by molar-refractivity contribution is -0.185. The number of allylic oxidation sites excluding steroid dienone is 6. The molecule has 0 saturated heterocycles. The van der Waals surface area contributed by atoms with Gasteiger partial charge in [0.2, 0.25) is 0 Å². The summed E-state index contributed by atoms with van der Waals surface area (Å²) in [6, 6.07) is 0. The van der Waals surface area contributed by atoms with E-state index in [2.05, 4.69) is 18.2 Å². The molecule has 0 aromatic carbocycles. The Morgan fingerprint density at radius 3 is 3.00 bits per heavy atom. The molecule has 0 N–H and O–H groups in total. The maximum Gasteiger partial charge on any atom is 0.376 e. The van der Waals surface area contributed by atoms with Crippen molar-refractivity contribution >= 4 is 5.97 Å². The molecule has 0 saturated carbocycles. The molecule has 0 radical (unpaired) electrons. The highest BCUT2D eigenvalue weighted by Gasteiger charge is 2.30. The lowest BCUT2D eigenvalue weighted by Crippen LogP contribution is -2.34. The van der Waals surface area contributed by atoms with Crippen LogP contribution in [0.2, 0.25) is 0 Å². The van der Waals surface area contributed by atoms with E-state index in [-0.39, 0.29) is 6.10 Å². The van der Waals surface area contributed by atoms with Crippen LogP contribution in [-0.2, 0) is 19.0 Å². The Bertz CT molecular complexity index is 604. The molecule has 2 atom stereocenters. The molecule has 3 rings (SSSR count). The molecule has 3 aliphatic rings. The van der Waals surface area contributed by atoms with Crippen molar-refractivity contribution in [3.8, 4) is 0 Å². The van der Waals surface area contributed by atoms with Crippen LogP contribution in [0.1, 0.15) is 19.8 Å². The quantitative estimate of drug-likeness (QED) is 0.695. The summed E-state index contributed by atoms with van der Waals surface area (Å²) >= 11 is 0. The Morgan fingerprint density at radius 2 is 2.19 bits per heavy atom. The van der Waals surface area contributed by atoms with E-state index >= 15 is 0 Å². The van der Waals surface area contributed by atoms with E-state index in [1.165, 1.54) is 12.7 Å². The summed E-state index contributed by atoms with van der Waals surface area (Å²) in [6.07, 6.45) is 12.5. The Hall–Kier alpha value is -2.07. The highest BCUT2D eigenvalue weighted by molar-refractivity contribution is 5.73. The van der Waals surface area contributed by atoms with Crippen LogP contribution in [0, 0.1) is 0 Å². The smallest absolute Gasteiger partial charge is 0.376 e. The molecule has 1 heterocycles. The van der Waals surface area contributed by atoms with Crippen molar-refractivity contribution in [3.05, 3.63) is 58.9 Å². The zero-order valence-electron chi connectivity index (χ0n) is 12.2. The molecule has 110 valence electrons. The van der Waals surface area contributed by atoms with E-state index in [4.69, 9.17) is 14.2 Å². The molecule has 2 unspecified atom stereocenters. The van der Waals surface area contributed by atoms with Crippen LogP contribution in [0.4, 0.5) is 0 Å². The summed E-state index contributed by atoms with van der Waals surface area (Å²) in [7, 11) is 1.32. The van der Waals surface area contributed by atoms with Gasteiger partial charge in [-0.25, -0.2) is 4.79 Å². The molecule has 0 aromatic rings. The maximum absolute atomic E-state index is 11.8. The van der Waals surface area contributed by atoms with Gasteiger partial charge in [0.1, 0.15) is 6.10 Å². The Kier molecular flexibility index (Phi) is 3.80. The lowest BCUT2D eigenvalue weighted by Gasteiger charge is -2.30. The monoisotopic (exact) mass is 286 g/mol. The number of carbonyl (C=O) groups excluding carboxylic acids is 1. The van der Waals surface area contributed by atoms with Crippen molar-refractivity contribution in [3.63, 3.8) is 0 Å². The van der Waals surface area contributed by atoms with Crippen LogP contribution in [0.5, 0.6) is 0 Å². The first-order valence-electron chi connectivity index (χ1n) is 7.04. The van der Waals surface area contributed by atoms with Gasteiger partial charge in [-0.05, 0) is 37.0 Å². The molecule has 0 amide bonds. The molecule has 0 spiro atoms. The molecule has 21 heavy (non-hydrogen) atoms. The summed E-state index contributed by atoms with van der Waals surface area (Å²) in [5, 5.41) is 0. The minimum absolute atomic E-state index is 0.288. The number of hydrogen-bond acceptors (Lipinski definition) is 4. The van der Waals surface area contributed by atoms with E-state index in [0.29, 0.717) is 0 Å². The second kappa shape index (κ2) is 5.74. The lowest BCUT2D eigenvalue weighted by atomic mass is 9.86. The van der Waals surface area contributed by atoms with Gasteiger partial charge < -0.3 is 14.2 Å². The number of ether oxygens (including phenoxy) is 3. The van der Waals surface area contributed by atoms with Gasteiger partial charge in [0.25, 0.3) is 6.29 Å². The minimum atomic E-state index is -1.05. The zero-order chi connectivity index (χ0) is 14.8. The fraction of sp³-hybridized carbons (Fsp3) is 0.353. The third kappa shape index (κ3) is 2.72. The van der Waals surface area contributed by atoms with E-state index in [1.807, 2.05) is 19.1 Å². The van der Waals surface area contributed by atoms with Crippen molar-refractivity contribution in [1.29, 1.82) is 0 Å². The average molecular weight is 286 g/mol. The number of methoxy groups -OCH3 is 1. The summed E-state index contributed by atoms with van der Waals surface area (Å²) in [4.78, 5) is 11.8. The van der Waals surface area contributed by atoms with Crippen LogP contribution in [0.25, 0.3) is 0 Å². The fourth-order valence-corrected chi connectivity index (χ4v) is 2.70. The molecule has 1 aliphatic heterocycles. The van der Waals surface area contributed by atoms with Crippen molar-refractivity contribution < 1.29 is 19.0 Å². The van der Waals surface area contributed by atoms with Crippen LogP contribution in [0.15, 0.2) is 58.9 Å². The second-order valence-corrected chi connectivity index (χ2v) is 5.24. The normalized spacial score (nSPS) is 31.0. The number of fused-ring (bicyclic) bond motifs is 2. The summed E-state index contributed by atoms with van der Waals surface area (Å²) in [6.45, 7) is 2.01. The van der Waals surface area contributed by atoms with E-state index in [9.17, 15) is 4.79 Å². The van der Waals surface area contributed by atoms with E-state index < -0.39 is 12.3 Å². The van der Waals surface area contributed by atoms with E-state index in [1.54, 1.807) is 6.26 Å². The predicted molar refractivity (Wildman–Crippen MR) is 78.1 cm³/mol. The molecule has 4 nitrogen and oxygen atoms in total. The Morgan fingerprint density at radius 1 is 1.33 bits per heavy atom. The molecule has 0 fully saturated rings. The predicted octanol–water partition coefficient (Wildman–Crippen LogP) is 2.95. The van der Waals surface area contributed by atoms with Gasteiger partial charge in [-0.1, -0.05) is 29.9 Å². The zero-order valence-corrected chi connectivity index (χ0v) is 12.2. The standard InChI is InChI=1S/C17H18O4/c1-11-7-8-14-13-6-4-3-5-12(13)10-20-17(16(18)19-2)21-15(14)9-11/h3,5,7-10,15,17H,4,6H2,1-2H3/b12-10?,14-13-. The summed E-state index contributed by atoms with van der Waals surface area (Å²) in [5.74, 6) is -0.532. The van der Waals surface area contributed by atoms with Crippen LogP contribution < -0.4 is 0 Å². The van der Waals surface area contributed by atoms with Crippen LogP contribution in [0.3, 0.4) is 0 Å². The topological polar surface area (TPSA) is 44.8 Å². The first-order chi connectivity index (χ1) is 10.2. The van der Waals surface area contributed by atoms with Gasteiger partial charge >= 0.3 is 5.97 Å². The van der Waals surface area contributed by atoms with Crippen molar-refractivity contribution in [2.24, 2.45) is 0 Å². The van der Waals surface area contributed by atoms with Crippen molar-refractivity contribution in [1.82, 2.24) is 0 Å². The maximum atomic E-state index is 11.8. The number of carbonyl (C=O) groups is 1. The third-order valence-corrected chi connectivity index (χ3v) is 3.78. The van der Waals surface area contributed by atoms with Crippen molar-refractivity contribution in [2.45, 2.75) is 32.2 Å². The Balaban J connectivity index is 2.04. The summed E-state index contributed by atoms with van der Waals surface area (Å²) < 4.78 is 16.0. The Labute approximate surface area is 124 Å². The van der Waals surface area contributed by atoms with E-state index in [0.717, 1.165) is 29.6 Å². The highest BCUT2D eigenvalue weighted by atomic mass is 16.7. The molecule has 2 aliphatic carbocycles. The minimum Gasteiger partial charge on any atom is -0.464 e. The van der Waals surface area contributed by atoms with Crippen LogP contribution >= 0.6 is 0 Å². The molecule has 0 aromatic heterocycles. The van der Waals surface area contributed by atoms with Crippen LogP contribution in [-0.4, -0.2) is 25.5 Å². The number of hydrogen-bond donors (Lipinski definition) is 0. The van der Waals surface area contributed by atoms with Crippen molar-refractivity contribution in [2.75, 3.05) is 7.11 Å². The first kappa shape index (κ1) is 13.9. The summed E-state index contributed by atoms with van der Waals surface area (Å²) in [5.41, 5.74) is 4.40. The molecular formula is C17H18O4. The third-order valence-electron chi connectivity index (χ3n) is 3.78. The number of esters is 1.